The molecule has 0 radical (unpaired) electrons. The third-order valence-corrected chi connectivity index (χ3v) is 4.72. The summed E-state index contributed by atoms with van der Waals surface area (Å²) in [7, 11) is 0.578. The molecule has 0 saturated heterocycles. The fourth-order valence-electron chi connectivity index (χ4n) is 0.765. The third kappa shape index (κ3) is 5.32. The average molecular weight is 178 g/mol. The van der Waals surface area contributed by atoms with Crippen LogP contribution in [0.3, 0.4) is 0 Å². The van der Waals surface area contributed by atoms with Crippen molar-refractivity contribution in [2.75, 3.05) is 12.9 Å². The van der Waals surface area contributed by atoms with Gasteiger partial charge in [-0.15, -0.1) is 0 Å². The minimum atomic E-state index is -1.25. The van der Waals surface area contributed by atoms with E-state index < -0.39 is 8.32 Å². The molecule has 3 heteroatoms. The first-order chi connectivity index (χ1) is 4.62. The summed E-state index contributed by atoms with van der Waals surface area (Å²) in [6.45, 7) is 4.51. The van der Waals surface area contributed by atoms with Crippen LogP contribution in [0.25, 0.3) is 0 Å². The second-order valence-electron chi connectivity index (χ2n) is 3.14. The maximum atomic E-state index is 5.40. The van der Waals surface area contributed by atoms with Crippen molar-refractivity contribution in [3.63, 3.8) is 0 Å². The van der Waals surface area contributed by atoms with Gasteiger partial charge in [-0.3, -0.25) is 0 Å². The van der Waals surface area contributed by atoms with Gasteiger partial charge in [-0.2, -0.15) is 12.6 Å². The molecule has 0 heterocycles. The first-order valence-corrected chi connectivity index (χ1v) is 7.53. The Bertz CT molecular complexity index is 85.7. The topological polar surface area (TPSA) is 9.23 Å². The van der Waals surface area contributed by atoms with Gasteiger partial charge in [0.15, 0.2) is 8.32 Å². The molecule has 0 aliphatic heterocycles. The van der Waals surface area contributed by atoms with Crippen LogP contribution >= 0.6 is 12.6 Å². The van der Waals surface area contributed by atoms with Crippen molar-refractivity contribution in [2.24, 2.45) is 0 Å². The summed E-state index contributed by atoms with van der Waals surface area (Å²) in [6, 6.07) is 1.27. The van der Waals surface area contributed by atoms with Gasteiger partial charge in [0.1, 0.15) is 0 Å². The van der Waals surface area contributed by atoms with E-state index in [0.29, 0.717) is 0 Å². The molecule has 0 aromatic heterocycles. The van der Waals surface area contributed by atoms with Crippen LogP contribution < -0.4 is 0 Å². The van der Waals surface area contributed by atoms with Gasteiger partial charge in [-0.1, -0.05) is 6.42 Å². The van der Waals surface area contributed by atoms with Crippen molar-refractivity contribution < 1.29 is 4.43 Å². The molecule has 0 atom stereocenters. The number of rotatable bonds is 5. The smallest absolute Gasteiger partial charge is 0.186 e. The molecule has 0 saturated carbocycles. The number of thiol groups is 1. The van der Waals surface area contributed by atoms with E-state index in [4.69, 9.17) is 4.43 Å². The Kier molecular flexibility index (Phi) is 5.49. The summed E-state index contributed by atoms with van der Waals surface area (Å²) < 4.78 is 5.40. The largest absolute Gasteiger partial charge is 0.420 e. The van der Waals surface area contributed by atoms with Gasteiger partial charge in [0, 0.05) is 7.11 Å². The van der Waals surface area contributed by atoms with Crippen LogP contribution in [0.2, 0.25) is 19.1 Å². The second kappa shape index (κ2) is 5.21. The van der Waals surface area contributed by atoms with Gasteiger partial charge in [0.25, 0.3) is 0 Å². The predicted molar refractivity (Wildman–Crippen MR) is 52.4 cm³/mol. The van der Waals surface area contributed by atoms with Crippen LogP contribution in [0.15, 0.2) is 0 Å². The summed E-state index contributed by atoms with van der Waals surface area (Å²) in [4.78, 5) is 0. The Labute approximate surface area is 70.7 Å². The van der Waals surface area contributed by atoms with Gasteiger partial charge in [-0.25, -0.2) is 0 Å². The maximum Gasteiger partial charge on any atom is 0.186 e. The van der Waals surface area contributed by atoms with Crippen molar-refractivity contribution >= 4 is 20.9 Å². The molecule has 0 aromatic rings. The molecule has 0 aliphatic carbocycles. The lowest BCUT2D eigenvalue weighted by Crippen LogP contribution is -2.27. The molecule has 10 heavy (non-hydrogen) atoms. The molecule has 0 spiro atoms. The first-order valence-electron chi connectivity index (χ1n) is 3.78. The van der Waals surface area contributed by atoms with E-state index in [9.17, 15) is 0 Å². The van der Waals surface area contributed by atoms with E-state index in [1.54, 1.807) is 0 Å². The number of hydrogen-bond donors (Lipinski definition) is 1. The van der Waals surface area contributed by atoms with E-state index >= 15 is 0 Å². The molecule has 0 N–H and O–H groups in total. The highest BCUT2D eigenvalue weighted by atomic mass is 32.1. The summed E-state index contributed by atoms with van der Waals surface area (Å²) in [6.07, 6.45) is 2.50. The molecule has 0 aliphatic rings. The Morgan fingerprint density at radius 3 is 2.30 bits per heavy atom. The first kappa shape index (κ1) is 10.5. The fourth-order valence-corrected chi connectivity index (χ4v) is 2.29. The normalized spacial score (nSPS) is 12.0. The fraction of sp³-hybridized carbons (Fsp3) is 1.00. The van der Waals surface area contributed by atoms with Crippen molar-refractivity contribution in [3.8, 4) is 0 Å². The van der Waals surface area contributed by atoms with Crippen LogP contribution in [-0.2, 0) is 4.43 Å². The van der Waals surface area contributed by atoms with Crippen molar-refractivity contribution in [1.82, 2.24) is 0 Å². The molecular weight excluding hydrogens is 160 g/mol. The Balaban J connectivity index is 3.28. The second-order valence-corrected chi connectivity index (χ2v) is 8.02. The van der Waals surface area contributed by atoms with E-state index in [-0.39, 0.29) is 0 Å². The highest BCUT2D eigenvalue weighted by Gasteiger charge is 2.18. The van der Waals surface area contributed by atoms with E-state index in [1.165, 1.54) is 18.9 Å². The molecular formula is C7H18OSSi. The minimum absolute atomic E-state index is 1.01. The molecule has 0 fully saturated rings. The van der Waals surface area contributed by atoms with Crippen LogP contribution in [0.4, 0.5) is 0 Å². The highest BCUT2D eigenvalue weighted by Crippen LogP contribution is 2.13. The molecule has 1 nitrogen and oxygen atoms in total. The van der Waals surface area contributed by atoms with Gasteiger partial charge in [0.2, 0.25) is 0 Å². The Hall–Kier alpha value is 0.527. The van der Waals surface area contributed by atoms with Crippen molar-refractivity contribution in [3.05, 3.63) is 0 Å². The van der Waals surface area contributed by atoms with Crippen LogP contribution in [0, 0.1) is 0 Å². The van der Waals surface area contributed by atoms with Crippen molar-refractivity contribution in [2.45, 2.75) is 32.0 Å². The zero-order valence-electron chi connectivity index (χ0n) is 7.18. The molecule has 0 bridgehead atoms. The van der Waals surface area contributed by atoms with E-state index in [2.05, 4.69) is 25.7 Å². The van der Waals surface area contributed by atoms with E-state index in [0.717, 1.165) is 5.75 Å². The lowest BCUT2D eigenvalue weighted by atomic mass is 10.4. The lowest BCUT2D eigenvalue weighted by molar-refractivity contribution is 0.402. The zero-order chi connectivity index (χ0) is 8.04. The average Bonchev–Trinajstić information content (AvgIpc) is 1.89. The van der Waals surface area contributed by atoms with Crippen LogP contribution in [0.1, 0.15) is 12.8 Å². The Morgan fingerprint density at radius 1 is 1.30 bits per heavy atom. The molecule has 0 rings (SSSR count). The predicted octanol–water partition coefficient (Wildman–Crippen LogP) is 2.55. The Morgan fingerprint density at radius 2 is 1.90 bits per heavy atom. The van der Waals surface area contributed by atoms with Crippen LogP contribution in [-0.4, -0.2) is 21.2 Å². The van der Waals surface area contributed by atoms with Gasteiger partial charge >= 0.3 is 0 Å². The molecule has 0 unspecified atom stereocenters. The standard InChI is InChI=1S/C7H18OSSi/c1-8-10(2,3)7-5-4-6-9/h9H,4-7H2,1-3H3. The molecule has 0 aromatic carbocycles. The third-order valence-electron chi connectivity index (χ3n) is 1.74. The quantitative estimate of drug-likeness (QED) is 0.387. The lowest BCUT2D eigenvalue weighted by Gasteiger charge is -2.18. The maximum absolute atomic E-state index is 5.40. The van der Waals surface area contributed by atoms with Gasteiger partial charge < -0.3 is 4.43 Å². The number of hydrogen-bond acceptors (Lipinski definition) is 2. The van der Waals surface area contributed by atoms with Gasteiger partial charge in [-0.05, 0) is 31.3 Å². The molecule has 0 amide bonds. The summed E-state index contributed by atoms with van der Waals surface area (Å²) in [5.74, 6) is 1.01. The monoisotopic (exact) mass is 178 g/mol. The van der Waals surface area contributed by atoms with Gasteiger partial charge in [0.05, 0.1) is 0 Å². The zero-order valence-corrected chi connectivity index (χ0v) is 9.08. The minimum Gasteiger partial charge on any atom is -0.420 e. The van der Waals surface area contributed by atoms with Crippen molar-refractivity contribution in [1.29, 1.82) is 0 Å². The number of unbranched alkanes of at least 4 members (excludes halogenated alkanes) is 1. The molecule has 62 valence electrons. The van der Waals surface area contributed by atoms with Crippen LogP contribution in [0.5, 0.6) is 0 Å². The van der Waals surface area contributed by atoms with E-state index in [1.807, 2.05) is 7.11 Å². The SMILES string of the molecule is CO[Si](C)(C)CCCCS. The summed E-state index contributed by atoms with van der Waals surface area (Å²) in [5, 5.41) is 0. The summed E-state index contributed by atoms with van der Waals surface area (Å²) in [5.41, 5.74) is 0. The summed E-state index contributed by atoms with van der Waals surface area (Å²) >= 11 is 4.15. The highest BCUT2D eigenvalue weighted by molar-refractivity contribution is 7.80.